The van der Waals surface area contributed by atoms with Crippen LogP contribution in [-0.2, 0) is 62.5 Å². The molecule has 0 aliphatic carbocycles. The smallest absolute Gasteiger partial charge is 0.186 e. The van der Waals surface area contributed by atoms with Crippen LogP contribution in [0.1, 0.15) is 30.5 Å². The summed E-state index contributed by atoms with van der Waals surface area (Å²) in [6, 6.07) is 30.1. The van der Waals surface area contributed by atoms with E-state index in [1.54, 1.807) is 7.11 Å². The number of methoxy groups -OCH3 is 1. The van der Waals surface area contributed by atoms with Crippen molar-refractivity contribution in [3.05, 3.63) is 120 Å². The number of hydrogen-bond acceptors (Lipinski definition) is 9. The van der Waals surface area contributed by atoms with Crippen LogP contribution in [0.15, 0.2) is 103 Å². The molecule has 246 valence electrons. The van der Waals surface area contributed by atoms with Crippen LogP contribution >= 0.6 is 0 Å². The molecule has 3 aromatic carbocycles. The van der Waals surface area contributed by atoms with Gasteiger partial charge in [-0.2, -0.15) is 0 Å². The Labute approximate surface area is 271 Å². The van der Waals surface area contributed by atoms with E-state index in [1.165, 1.54) is 0 Å². The largest absolute Gasteiger partial charge is 0.374 e. The Morgan fingerprint density at radius 1 is 0.652 bits per heavy atom. The summed E-state index contributed by atoms with van der Waals surface area (Å²) in [5, 5.41) is 0. The van der Waals surface area contributed by atoms with Crippen LogP contribution in [0.2, 0.25) is 0 Å². The summed E-state index contributed by atoms with van der Waals surface area (Å²) in [6.07, 6.45) is -4.08. The topological polar surface area (TPSA) is 83.1 Å². The standard InChI is InChI=1S/C37H44O9/c1-25-31(40-21-27-16-10-6-11-17-27)32(41-22-28-18-12-7-13-19-28)29(23-39-20-26-14-8-5-9-15-26)43-35(25)42-24-30-33-34(36(38-4)44-30)46-37(2,3)45-33/h5-19,29-36H,1,20-24H2,2-4H3/t29-,30-,31-,32-,33+,34+,35+,36+/m1/s1. The molecule has 0 radical (unpaired) electrons. The van der Waals surface area contributed by atoms with Crippen molar-refractivity contribution in [3.63, 3.8) is 0 Å². The van der Waals surface area contributed by atoms with Gasteiger partial charge in [-0.05, 0) is 30.5 Å². The van der Waals surface area contributed by atoms with E-state index in [0.29, 0.717) is 25.4 Å². The first kappa shape index (κ1) is 33.0. The summed E-state index contributed by atoms with van der Waals surface area (Å²) in [5.74, 6) is -0.750. The zero-order valence-electron chi connectivity index (χ0n) is 26.7. The Hall–Kier alpha value is -2.96. The first-order valence-corrected chi connectivity index (χ1v) is 15.8. The molecule has 3 aromatic rings. The fourth-order valence-corrected chi connectivity index (χ4v) is 6.08. The van der Waals surface area contributed by atoms with Crippen LogP contribution in [-0.4, -0.2) is 75.3 Å². The fourth-order valence-electron chi connectivity index (χ4n) is 6.08. The third-order valence-electron chi connectivity index (χ3n) is 8.33. The molecule has 9 nitrogen and oxygen atoms in total. The zero-order valence-corrected chi connectivity index (χ0v) is 26.7. The van der Waals surface area contributed by atoms with Crippen molar-refractivity contribution in [1.29, 1.82) is 0 Å². The Bertz CT molecular complexity index is 1370. The summed E-state index contributed by atoms with van der Waals surface area (Å²) >= 11 is 0. The van der Waals surface area contributed by atoms with Crippen molar-refractivity contribution in [2.45, 2.75) is 88.7 Å². The molecule has 8 atom stereocenters. The van der Waals surface area contributed by atoms with Gasteiger partial charge in [-0.15, -0.1) is 0 Å². The lowest BCUT2D eigenvalue weighted by molar-refractivity contribution is -0.265. The second-order valence-corrected chi connectivity index (χ2v) is 12.2. The molecule has 0 saturated carbocycles. The monoisotopic (exact) mass is 632 g/mol. The molecular weight excluding hydrogens is 588 g/mol. The SMILES string of the molecule is C=C1[C@@H](OC[C@H]2O[C@H](OC)[C@H]3OC(C)(C)O[C@H]32)O[C@H](COCc2ccccc2)[C@@H](OCc2ccccc2)[C@@H]1OCc1ccccc1. The average Bonchev–Trinajstić information content (AvgIpc) is 3.57. The molecule has 46 heavy (non-hydrogen) atoms. The highest BCUT2D eigenvalue weighted by molar-refractivity contribution is 5.18. The van der Waals surface area contributed by atoms with E-state index in [4.69, 9.17) is 42.6 Å². The molecule has 6 rings (SSSR count). The minimum absolute atomic E-state index is 0.169. The van der Waals surface area contributed by atoms with Crippen molar-refractivity contribution >= 4 is 0 Å². The molecule has 3 saturated heterocycles. The van der Waals surface area contributed by atoms with Gasteiger partial charge in [0.2, 0.25) is 0 Å². The van der Waals surface area contributed by atoms with Crippen molar-refractivity contribution in [2.75, 3.05) is 20.3 Å². The Morgan fingerprint density at radius 2 is 1.22 bits per heavy atom. The van der Waals surface area contributed by atoms with Crippen LogP contribution in [0.25, 0.3) is 0 Å². The van der Waals surface area contributed by atoms with E-state index >= 15 is 0 Å². The minimum Gasteiger partial charge on any atom is -0.374 e. The lowest BCUT2D eigenvalue weighted by Crippen LogP contribution is -2.54. The van der Waals surface area contributed by atoms with E-state index in [1.807, 2.05) is 105 Å². The third-order valence-corrected chi connectivity index (χ3v) is 8.33. The maximum absolute atomic E-state index is 6.57. The van der Waals surface area contributed by atoms with Crippen LogP contribution in [0.3, 0.4) is 0 Å². The number of benzene rings is 3. The van der Waals surface area contributed by atoms with Gasteiger partial charge in [-0.3, -0.25) is 0 Å². The van der Waals surface area contributed by atoms with Gasteiger partial charge in [0.25, 0.3) is 0 Å². The summed E-state index contributed by atoms with van der Waals surface area (Å²) in [6.45, 7) is 9.76. The number of hydrogen-bond donors (Lipinski definition) is 0. The van der Waals surface area contributed by atoms with Crippen LogP contribution in [0.5, 0.6) is 0 Å². The summed E-state index contributed by atoms with van der Waals surface area (Å²) in [4.78, 5) is 0. The van der Waals surface area contributed by atoms with Crippen LogP contribution in [0, 0.1) is 0 Å². The van der Waals surface area contributed by atoms with Crippen molar-refractivity contribution < 1.29 is 42.6 Å². The second-order valence-electron chi connectivity index (χ2n) is 12.2. The predicted octanol–water partition coefficient (Wildman–Crippen LogP) is 5.56. The number of fused-ring (bicyclic) bond motifs is 1. The van der Waals surface area contributed by atoms with Gasteiger partial charge in [-0.1, -0.05) is 97.6 Å². The van der Waals surface area contributed by atoms with E-state index in [2.05, 4.69) is 6.58 Å². The third kappa shape index (κ3) is 8.12. The number of rotatable bonds is 14. The molecule has 3 aliphatic rings. The van der Waals surface area contributed by atoms with Crippen LogP contribution < -0.4 is 0 Å². The fraction of sp³-hybridized carbons (Fsp3) is 0.459. The predicted molar refractivity (Wildman–Crippen MR) is 169 cm³/mol. The van der Waals surface area contributed by atoms with E-state index in [-0.39, 0.29) is 25.4 Å². The Balaban J connectivity index is 1.20. The molecule has 0 aromatic heterocycles. The summed E-state index contributed by atoms with van der Waals surface area (Å²) in [5.41, 5.74) is 3.76. The first-order chi connectivity index (χ1) is 22.4. The molecular formula is C37H44O9. The van der Waals surface area contributed by atoms with Gasteiger partial charge < -0.3 is 42.6 Å². The van der Waals surface area contributed by atoms with Crippen LogP contribution in [0.4, 0.5) is 0 Å². The lowest BCUT2D eigenvalue weighted by Gasteiger charge is -2.43. The van der Waals surface area contributed by atoms with Gasteiger partial charge >= 0.3 is 0 Å². The molecule has 0 unspecified atom stereocenters. The Morgan fingerprint density at radius 3 is 1.83 bits per heavy atom. The van der Waals surface area contributed by atoms with E-state index in [0.717, 1.165) is 16.7 Å². The zero-order chi connectivity index (χ0) is 31.9. The second kappa shape index (κ2) is 15.3. The molecule has 0 N–H and O–H groups in total. The van der Waals surface area contributed by atoms with Crippen molar-refractivity contribution in [1.82, 2.24) is 0 Å². The van der Waals surface area contributed by atoms with Gasteiger partial charge in [-0.25, -0.2) is 0 Å². The normalized spacial score (nSPS) is 30.4. The van der Waals surface area contributed by atoms with E-state index < -0.39 is 42.8 Å². The molecule has 3 aliphatic heterocycles. The average molecular weight is 633 g/mol. The molecule has 0 bridgehead atoms. The highest BCUT2D eigenvalue weighted by Crippen LogP contribution is 2.40. The maximum Gasteiger partial charge on any atom is 0.186 e. The Kier molecular flexibility index (Phi) is 11.0. The molecule has 3 fully saturated rings. The van der Waals surface area contributed by atoms with E-state index in [9.17, 15) is 0 Å². The molecule has 3 heterocycles. The summed E-state index contributed by atoms with van der Waals surface area (Å²) in [7, 11) is 1.59. The summed E-state index contributed by atoms with van der Waals surface area (Å²) < 4.78 is 56.2. The van der Waals surface area contributed by atoms with Crippen molar-refractivity contribution in [3.8, 4) is 0 Å². The molecule has 9 heteroatoms. The minimum atomic E-state index is -0.804. The number of ether oxygens (including phenoxy) is 9. The van der Waals surface area contributed by atoms with Gasteiger partial charge in [0.1, 0.15) is 36.6 Å². The quantitative estimate of drug-likeness (QED) is 0.212. The van der Waals surface area contributed by atoms with Crippen molar-refractivity contribution in [2.24, 2.45) is 0 Å². The highest BCUT2D eigenvalue weighted by atomic mass is 16.8. The molecule has 0 spiro atoms. The lowest BCUT2D eigenvalue weighted by atomic mass is 9.96. The highest BCUT2D eigenvalue weighted by Gasteiger charge is 2.56. The van der Waals surface area contributed by atoms with Gasteiger partial charge in [0, 0.05) is 12.7 Å². The van der Waals surface area contributed by atoms with Gasteiger partial charge in [0.05, 0.1) is 33.0 Å². The maximum atomic E-state index is 6.57. The van der Waals surface area contributed by atoms with Gasteiger partial charge in [0.15, 0.2) is 18.4 Å². The molecule has 0 amide bonds. The first-order valence-electron chi connectivity index (χ1n) is 15.8.